The van der Waals surface area contributed by atoms with Crippen molar-refractivity contribution in [1.29, 1.82) is 0 Å². The first-order valence-electron chi connectivity index (χ1n) is 4.18. The number of aliphatic hydroxyl groups is 2. The molecule has 0 amide bonds. The van der Waals surface area contributed by atoms with Crippen LogP contribution in [0.2, 0.25) is 0 Å². The van der Waals surface area contributed by atoms with Gasteiger partial charge in [-0.15, -0.1) is 0 Å². The minimum absolute atomic E-state index is 0.0883. The van der Waals surface area contributed by atoms with E-state index in [1.165, 1.54) is 0 Å². The molecular weight excluding hydrogens is 160 g/mol. The van der Waals surface area contributed by atoms with E-state index in [2.05, 4.69) is 0 Å². The van der Waals surface area contributed by atoms with E-state index in [1.54, 1.807) is 7.11 Å². The Bertz CT molecular complexity index is 129. The summed E-state index contributed by atoms with van der Waals surface area (Å²) in [6, 6.07) is 0. The molecule has 1 rings (SSSR count). The molecule has 0 bridgehead atoms. The molecular formula is C8H16O4. The average Bonchev–Trinajstić information content (AvgIpc) is 2.01. The van der Waals surface area contributed by atoms with Gasteiger partial charge in [-0.25, -0.2) is 0 Å². The van der Waals surface area contributed by atoms with Gasteiger partial charge in [0.2, 0.25) is 0 Å². The second-order valence-corrected chi connectivity index (χ2v) is 3.20. The van der Waals surface area contributed by atoms with Gasteiger partial charge in [0.15, 0.2) is 6.29 Å². The fourth-order valence-corrected chi connectivity index (χ4v) is 1.36. The van der Waals surface area contributed by atoms with E-state index in [0.29, 0.717) is 12.8 Å². The van der Waals surface area contributed by atoms with Gasteiger partial charge in [-0.3, -0.25) is 0 Å². The van der Waals surface area contributed by atoms with Gasteiger partial charge in [-0.1, -0.05) is 0 Å². The summed E-state index contributed by atoms with van der Waals surface area (Å²) in [6.45, 7) is 1.86. The third-order valence-electron chi connectivity index (χ3n) is 2.21. The Morgan fingerprint density at radius 1 is 1.42 bits per heavy atom. The van der Waals surface area contributed by atoms with Crippen LogP contribution < -0.4 is 0 Å². The van der Waals surface area contributed by atoms with E-state index in [9.17, 15) is 5.11 Å². The zero-order valence-electron chi connectivity index (χ0n) is 7.43. The van der Waals surface area contributed by atoms with E-state index in [-0.39, 0.29) is 12.2 Å². The second kappa shape index (κ2) is 4.18. The maximum atomic E-state index is 9.30. The van der Waals surface area contributed by atoms with Gasteiger partial charge in [0.1, 0.15) is 0 Å². The summed E-state index contributed by atoms with van der Waals surface area (Å²) in [5.74, 6) is 0. The SMILES string of the molecule is COC(C)C1C[C@@H](O)CC(O)O1. The van der Waals surface area contributed by atoms with Crippen LogP contribution in [0.1, 0.15) is 19.8 Å². The van der Waals surface area contributed by atoms with Crippen LogP contribution in [0.3, 0.4) is 0 Å². The topological polar surface area (TPSA) is 58.9 Å². The maximum Gasteiger partial charge on any atom is 0.157 e. The molecule has 0 aromatic carbocycles. The second-order valence-electron chi connectivity index (χ2n) is 3.20. The Hall–Kier alpha value is -0.160. The lowest BCUT2D eigenvalue weighted by Crippen LogP contribution is -2.41. The van der Waals surface area contributed by atoms with E-state index in [1.807, 2.05) is 6.92 Å². The molecule has 12 heavy (non-hydrogen) atoms. The van der Waals surface area contributed by atoms with Crippen molar-refractivity contribution in [3.63, 3.8) is 0 Å². The Balaban J connectivity index is 2.43. The minimum atomic E-state index is -0.851. The highest BCUT2D eigenvalue weighted by Crippen LogP contribution is 2.21. The van der Waals surface area contributed by atoms with E-state index in [4.69, 9.17) is 14.6 Å². The van der Waals surface area contributed by atoms with Gasteiger partial charge in [-0.05, 0) is 6.92 Å². The molecule has 1 saturated heterocycles. The van der Waals surface area contributed by atoms with Crippen molar-refractivity contribution in [2.45, 2.75) is 44.4 Å². The highest BCUT2D eigenvalue weighted by atomic mass is 16.6. The van der Waals surface area contributed by atoms with Crippen LogP contribution in [-0.2, 0) is 9.47 Å². The van der Waals surface area contributed by atoms with Crippen LogP contribution in [0.15, 0.2) is 0 Å². The Labute approximate surface area is 72.1 Å². The Morgan fingerprint density at radius 3 is 2.58 bits per heavy atom. The third-order valence-corrected chi connectivity index (χ3v) is 2.21. The van der Waals surface area contributed by atoms with E-state index in [0.717, 1.165) is 0 Å². The first-order chi connectivity index (χ1) is 5.63. The molecule has 1 aliphatic heterocycles. The molecule has 4 heteroatoms. The highest BCUT2D eigenvalue weighted by Gasteiger charge is 2.30. The van der Waals surface area contributed by atoms with Gasteiger partial charge in [0.25, 0.3) is 0 Å². The minimum Gasteiger partial charge on any atom is -0.393 e. The Kier molecular flexibility index (Phi) is 3.46. The van der Waals surface area contributed by atoms with Crippen LogP contribution in [0.4, 0.5) is 0 Å². The molecule has 0 spiro atoms. The normalized spacial score (nSPS) is 39.5. The van der Waals surface area contributed by atoms with Crippen LogP contribution in [-0.4, -0.2) is 41.9 Å². The van der Waals surface area contributed by atoms with Crippen molar-refractivity contribution >= 4 is 0 Å². The molecule has 0 saturated carbocycles. The molecule has 4 nitrogen and oxygen atoms in total. The molecule has 1 aliphatic rings. The maximum absolute atomic E-state index is 9.30. The summed E-state index contributed by atoms with van der Waals surface area (Å²) < 4.78 is 10.2. The van der Waals surface area contributed by atoms with Crippen molar-refractivity contribution in [3.8, 4) is 0 Å². The van der Waals surface area contributed by atoms with Gasteiger partial charge in [-0.2, -0.15) is 0 Å². The van der Waals surface area contributed by atoms with Crippen molar-refractivity contribution in [1.82, 2.24) is 0 Å². The zero-order chi connectivity index (χ0) is 9.14. The fraction of sp³-hybridized carbons (Fsp3) is 1.00. The van der Waals surface area contributed by atoms with Gasteiger partial charge in [0.05, 0.1) is 18.3 Å². The van der Waals surface area contributed by atoms with Crippen molar-refractivity contribution < 1.29 is 19.7 Å². The van der Waals surface area contributed by atoms with E-state index < -0.39 is 12.4 Å². The smallest absolute Gasteiger partial charge is 0.157 e. The highest BCUT2D eigenvalue weighted by molar-refractivity contribution is 4.76. The van der Waals surface area contributed by atoms with Crippen molar-refractivity contribution in [3.05, 3.63) is 0 Å². The summed E-state index contributed by atoms with van der Waals surface area (Å²) in [7, 11) is 1.58. The molecule has 0 radical (unpaired) electrons. The summed E-state index contributed by atoms with van der Waals surface area (Å²) in [5.41, 5.74) is 0. The summed E-state index contributed by atoms with van der Waals surface area (Å²) in [5, 5.41) is 18.5. The largest absolute Gasteiger partial charge is 0.393 e. The number of rotatable bonds is 2. The Morgan fingerprint density at radius 2 is 2.08 bits per heavy atom. The predicted molar refractivity (Wildman–Crippen MR) is 42.6 cm³/mol. The number of hydrogen-bond acceptors (Lipinski definition) is 4. The van der Waals surface area contributed by atoms with Gasteiger partial charge < -0.3 is 19.7 Å². The first kappa shape index (κ1) is 9.92. The predicted octanol–water partition coefficient (Wildman–Crippen LogP) is -0.120. The third kappa shape index (κ3) is 2.42. The molecule has 72 valence electrons. The average molecular weight is 176 g/mol. The number of aliphatic hydroxyl groups excluding tert-OH is 2. The molecule has 1 heterocycles. The molecule has 3 unspecified atom stereocenters. The lowest BCUT2D eigenvalue weighted by atomic mass is 10.0. The zero-order valence-corrected chi connectivity index (χ0v) is 7.43. The molecule has 0 aromatic heterocycles. The van der Waals surface area contributed by atoms with Crippen LogP contribution in [0.25, 0.3) is 0 Å². The quantitative estimate of drug-likeness (QED) is 0.616. The summed E-state index contributed by atoms with van der Waals surface area (Å²) in [6.07, 6.45) is -0.782. The fourth-order valence-electron chi connectivity index (χ4n) is 1.36. The number of hydrogen-bond donors (Lipinski definition) is 2. The van der Waals surface area contributed by atoms with Crippen LogP contribution >= 0.6 is 0 Å². The number of methoxy groups -OCH3 is 1. The molecule has 0 aliphatic carbocycles. The lowest BCUT2D eigenvalue weighted by Gasteiger charge is -2.33. The van der Waals surface area contributed by atoms with Crippen molar-refractivity contribution in [2.75, 3.05) is 7.11 Å². The summed E-state index contributed by atoms with van der Waals surface area (Å²) in [4.78, 5) is 0. The molecule has 2 N–H and O–H groups in total. The standard InChI is InChI=1S/C8H16O4/c1-5(11-2)7-3-6(9)4-8(10)12-7/h5-10H,3-4H2,1-2H3/t5?,6-,7?,8?/m1/s1. The summed E-state index contributed by atoms with van der Waals surface area (Å²) >= 11 is 0. The van der Waals surface area contributed by atoms with Crippen molar-refractivity contribution in [2.24, 2.45) is 0 Å². The van der Waals surface area contributed by atoms with Crippen LogP contribution in [0, 0.1) is 0 Å². The van der Waals surface area contributed by atoms with Crippen LogP contribution in [0.5, 0.6) is 0 Å². The van der Waals surface area contributed by atoms with Gasteiger partial charge in [0, 0.05) is 20.0 Å². The molecule has 1 fully saturated rings. The molecule has 0 aromatic rings. The van der Waals surface area contributed by atoms with E-state index >= 15 is 0 Å². The van der Waals surface area contributed by atoms with Gasteiger partial charge >= 0.3 is 0 Å². The monoisotopic (exact) mass is 176 g/mol. The molecule has 4 atom stereocenters. The number of ether oxygens (including phenoxy) is 2. The lowest BCUT2D eigenvalue weighted by molar-refractivity contribution is -0.213. The first-order valence-corrected chi connectivity index (χ1v) is 4.18.